The molecule has 0 saturated heterocycles. The molecule has 4 heavy (non-hydrogen) atoms. The fourth-order valence-electron chi connectivity index (χ4n) is 0. The van der Waals surface area contributed by atoms with Gasteiger partial charge in [0, 0.05) is 0 Å². The third kappa shape index (κ3) is 14.8. The van der Waals surface area contributed by atoms with Crippen LogP contribution in [0.25, 0.3) is 0 Å². The first-order chi connectivity index (χ1) is 1.41. The Hall–Kier alpha value is 0.760. The molecule has 2 radical (unpaired) electrons. The third-order valence-electron chi connectivity index (χ3n) is 0. The zero-order chi connectivity index (χ0) is 2.71. The first kappa shape index (κ1) is 8.83. The van der Waals surface area contributed by atoms with E-state index < -0.39 is 0 Å². The molecular weight excluding hydrogens is 125 g/mol. The van der Waals surface area contributed by atoms with Gasteiger partial charge < -0.3 is 0 Å². The van der Waals surface area contributed by atoms with Crippen LogP contribution in [-0.2, 0) is 0 Å². The summed E-state index contributed by atoms with van der Waals surface area (Å²) >= 11 is 0.312. The van der Waals surface area contributed by atoms with Gasteiger partial charge >= 0.3 is 26.9 Å². The molecule has 0 heterocycles. The Morgan fingerprint density at radius 1 is 1.25 bits per heavy atom. The van der Waals surface area contributed by atoms with Crippen LogP contribution in [0.5, 0.6) is 0 Å². The van der Waals surface area contributed by atoms with Gasteiger partial charge in [0.25, 0.3) is 0 Å². The Bertz CT molecular complexity index is 6.00. The summed E-state index contributed by atoms with van der Waals surface area (Å²) in [5, 5.41) is 0. The molecule has 0 spiro atoms. The van der Waals surface area contributed by atoms with Crippen molar-refractivity contribution in [1.29, 1.82) is 0 Å². The van der Waals surface area contributed by atoms with Crippen molar-refractivity contribution in [3.8, 4) is 0 Å². The van der Waals surface area contributed by atoms with Crippen LogP contribution in [0.1, 0.15) is 0 Å². The van der Waals surface area contributed by atoms with E-state index in [2.05, 4.69) is 11.5 Å². The van der Waals surface area contributed by atoms with E-state index in [0.29, 0.717) is 15.4 Å². The molecule has 26 valence electrons. The minimum Gasteiger partial charge on any atom is -0.0125 e. The molecule has 0 amide bonds. The zero-order valence-electron chi connectivity index (χ0n) is 3.58. The van der Waals surface area contributed by atoms with Gasteiger partial charge in [-0.1, -0.05) is 0 Å². The number of hydrogen-bond donors (Lipinski definition) is 0. The van der Waals surface area contributed by atoms with Crippen molar-refractivity contribution in [2.45, 2.75) is 11.5 Å². The van der Waals surface area contributed by atoms with Crippen molar-refractivity contribution < 1.29 is 0 Å². The van der Waals surface area contributed by atoms with E-state index in [1.807, 2.05) is 0 Å². The number of rotatable bonds is 0. The van der Waals surface area contributed by atoms with E-state index in [1.54, 1.807) is 0 Å². The molecule has 0 rings (SSSR count). The van der Waals surface area contributed by atoms with Crippen LogP contribution in [0, 0.1) is 0 Å². The summed E-state index contributed by atoms with van der Waals surface area (Å²) in [6.45, 7) is 0. The minimum absolute atomic E-state index is 0. The first-order valence-corrected chi connectivity index (χ1v) is 6.00. The molecule has 0 aliphatic heterocycles. The van der Waals surface area contributed by atoms with Gasteiger partial charge in [0.1, 0.15) is 0 Å². The molecule has 0 saturated carbocycles. The maximum absolute atomic E-state index is 2.28. The molecule has 0 aromatic carbocycles. The van der Waals surface area contributed by atoms with Gasteiger partial charge in [0.15, 0.2) is 0 Å². The summed E-state index contributed by atoms with van der Waals surface area (Å²) < 4.78 is 0. The van der Waals surface area contributed by atoms with Gasteiger partial charge in [0.2, 0.25) is 0 Å². The Labute approximate surface area is 38.5 Å². The molecule has 0 bridgehead atoms. The number of hydrogen-bond acceptors (Lipinski definition) is 0. The van der Waals surface area contributed by atoms with Gasteiger partial charge in [-0.15, -0.1) is 0 Å². The predicted octanol–water partition coefficient (Wildman–Crippen LogP) is -0.665. The van der Waals surface area contributed by atoms with Crippen LogP contribution in [-0.4, -0.2) is 26.4 Å². The third-order valence-corrected chi connectivity index (χ3v) is 0. The van der Waals surface area contributed by atoms with Gasteiger partial charge in [-0.05, 0) is 11.0 Å². The van der Waals surface area contributed by atoms with Crippen LogP contribution in [0.15, 0.2) is 0 Å². The summed E-state index contributed by atoms with van der Waals surface area (Å²) in [7, 11) is 0. The van der Waals surface area contributed by atoms with Crippen molar-refractivity contribution in [3.05, 3.63) is 0 Å². The molecule has 0 N–H and O–H groups in total. The largest absolute Gasteiger partial charge is 0.0125 e. The van der Waals surface area contributed by atoms with Gasteiger partial charge in [-0.25, -0.2) is 0 Å². The van der Waals surface area contributed by atoms with E-state index in [4.69, 9.17) is 0 Å². The Morgan fingerprint density at radius 2 is 1.25 bits per heavy atom. The second-order valence-electron chi connectivity index (χ2n) is 0.577. The van der Waals surface area contributed by atoms with Gasteiger partial charge in [0.05, 0.1) is 0 Å². The van der Waals surface area contributed by atoms with Crippen molar-refractivity contribution in [3.63, 3.8) is 0 Å². The maximum atomic E-state index is 2.28. The van der Waals surface area contributed by atoms with E-state index in [-0.39, 0.29) is 11.0 Å². The molecule has 0 atom stereocenters. The van der Waals surface area contributed by atoms with Crippen LogP contribution < -0.4 is 0 Å². The molecule has 0 unspecified atom stereocenters. The monoisotopic (exact) mass is 136 g/mol. The topological polar surface area (TPSA) is 0 Å². The molecular formula is C2H10GeSi. The maximum Gasteiger partial charge on any atom is -0.0125 e. The van der Waals surface area contributed by atoms with Crippen molar-refractivity contribution in [1.82, 2.24) is 0 Å². The smallest absolute Gasteiger partial charge is 0.0125 e. The average molecular weight is 135 g/mol. The van der Waals surface area contributed by atoms with Gasteiger partial charge in [-0.3, -0.25) is 0 Å². The molecule has 0 aromatic rings. The molecule has 0 aliphatic rings. The summed E-state index contributed by atoms with van der Waals surface area (Å²) in [6.07, 6.45) is 0. The molecule has 0 fully saturated rings. The molecule has 0 nitrogen and oxygen atoms in total. The zero-order valence-corrected chi connectivity index (χ0v) is 8.00. The average Bonchev–Trinajstić information content (AvgIpc) is 0.918. The fraction of sp³-hybridized carbons (Fsp3) is 1.00. The molecule has 0 aliphatic carbocycles. The Morgan fingerprint density at radius 3 is 1.25 bits per heavy atom. The van der Waals surface area contributed by atoms with E-state index >= 15 is 0 Å². The van der Waals surface area contributed by atoms with Crippen LogP contribution in [0.3, 0.4) is 0 Å². The summed E-state index contributed by atoms with van der Waals surface area (Å²) in [5.74, 6) is 4.56. The predicted molar refractivity (Wildman–Crippen MR) is 28.8 cm³/mol. The van der Waals surface area contributed by atoms with Crippen LogP contribution in [0.4, 0.5) is 0 Å². The van der Waals surface area contributed by atoms with Crippen molar-refractivity contribution in [2.75, 3.05) is 0 Å². The van der Waals surface area contributed by atoms with Crippen molar-refractivity contribution in [2.24, 2.45) is 0 Å². The van der Waals surface area contributed by atoms with E-state index in [0.717, 1.165) is 0 Å². The Balaban J connectivity index is 0. The summed E-state index contributed by atoms with van der Waals surface area (Å²) in [4.78, 5) is 0. The quantitative estimate of drug-likeness (QED) is 0.386. The van der Waals surface area contributed by atoms with Crippen molar-refractivity contribution >= 4 is 26.4 Å². The minimum atomic E-state index is 0. The molecule has 2 heteroatoms. The SMILES string of the molecule is [CH3][GeH][CH3].[SiH3]. The fourth-order valence-corrected chi connectivity index (χ4v) is 0. The Kier molecular flexibility index (Phi) is 20.4. The van der Waals surface area contributed by atoms with Gasteiger partial charge in [-0.2, -0.15) is 0 Å². The van der Waals surface area contributed by atoms with E-state index in [1.165, 1.54) is 0 Å². The second-order valence-corrected chi connectivity index (χ2v) is 3.00. The van der Waals surface area contributed by atoms with E-state index in [9.17, 15) is 0 Å². The normalized spacial score (nSPS) is 4.50. The standard InChI is InChI=1S/C2H7Ge.H3Si/c1-3-2;/h3H,1-2H3;1H3. The van der Waals surface area contributed by atoms with Crippen LogP contribution >= 0.6 is 0 Å². The first-order valence-electron chi connectivity index (χ1n) is 1.15. The molecule has 0 aromatic heterocycles. The van der Waals surface area contributed by atoms with Crippen LogP contribution in [0.2, 0.25) is 11.5 Å². The second kappa shape index (κ2) is 9.25. The summed E-state index contributed by atoms with van der Waals surface area (Å²) in [6, 6.07) is 0. The summed E-state index contributed by atoms with van der Waals surface area (Å²) in [5.41, 5.74) is 0.